The number of aromatic nitrogens is 3. The van der Waals surface area contributed by atoms with Gasteiger partial charge in [-0.1, -0.05) is 13.8 Å². The van der Waals surface area contributed by atoms with Crippen LogP contribution in [-0.4, -0.2) is 40.1 Å². The summed E-state index contributed by atoms with van der Waals surface area (Å²) < 4.78 is 2.96. The molecule has 0 radical (unpaired) electrons. The summed E-state index contributed by atoms with van der Waals surface area (Å²) in [5, 5.41) is 0. The molecule has 0 aromatic carbocycles. The van der Waals surface area contributed by atoms with Crippen LogP contribution < -0.4 is 5.73 Å². The van der Waals surface area contributed by atoms with Crippen LogP contribution >= 0.6 is 15.9 Å². The normalized spacial score (nSPS) is 13.6. The van der Waals surface area contributed by atoms with Gasteiger partial charge in [-0.25, -0.2) is 9.97 Å². The molecule has 0 bridgehead atoms. The molecule has 5 nitrogen and oxygen atoms in total. The van der Waals surface area contributed by atoms with Crippen LogP contribution in [-0.2, 0) is 0 Å². The number of nitrogens with zero attached hydrogens (tertiary/aromatic N) is 4. The first-order chi connectivity index (χ1) is 8.90. The van der Waals surface area contributed by atoms with Crippen molar-refractivity contribution < 1.29 is 0 Å². The lowest BCUT2D eigenvalue weighted by atomic mass is 10.0. The summed E-state index contributed by atoms with van der Waals surface area (Å²) in [6, 6.07) is 2.20. The van der Waals surface area contributed by atoms with Crippen molar-refractivity contribution in [3.8, 4) is 0 Å². The molecule has 2 N–H and O–H groups in total. The number of hydrogen-bond acceptors (Lipinski definition) is 4. The maximum atomic E-state index is 6.10. The van der Waals surface area contributed by atoms with E-state index >= 15 is 0 Å². The van der Waals surface area contributed by atoms with E-state index in [1.165, 1.54) is 0 Å². The lowest BCUT2D eigenvalue weighted by Crippen LogP contribution is -2.29. The van der Waals surface area contributed by atoms with Gasteiger partial charge in [-0.3, -0.25) is 4.57 Å². The SMILES string of the molecule is CC(C)C(CN(C)C)n1c(N)nc2cc(Br)cnc21. The van der Waals surface area contributed by atoms with E-state index < -0.39 is 0 Å². The predicted octanol–water partition coefficient (Wildman–Crippen LogP) is 2.53. The standard InChI is InChI=1S/C13H20BrN5/c1-8(2)11(7-18(3)4)19-12-10(17-13(19)15)5-9(14)6-16-12/h5-6,8,11H,7H2,1-4H3,(H2,15,17). The third-order valence-electron chi connectivity index (χ3n) is 3.18. The molecule has 2 rings (SSSR count). The molecule has 0 spiro atoms. The molecule has 0 saturated carbocycles. The van der Waals surface area contributed by atoms with Crippen molar-refractivity contribution in [3.05, 3.63) is 16.7 Å². The molecule has 0 aliphatic heterocycles. The highest BCUT2D eigenvalue weighted by molar-refractivity contribution is 9.10. The number of nitrogens with two attached hydrogens (primary N) is 1. The summed E-state index contributed by atoms with van der Waals surface area (Å²) >= 11 is 3.41. The number of pyridine rings is 1. The lowest BCUT2D eigenvalue weighted by Gasteiger charge is -2.26. The third-order valence-corrected chi connectivity index (χ3v) is 3.61. The lowest BCUT2D eigenvalue weighted by molar-refractivity contribution is 0.275. The van der Waals surface area contributed by atoms with Gasteiger partial charge in [0.2, 0.25) is 5.95 Å². The fourth-order valence-electron chi connectivity index (χ4n) is 2.27. The Labute approximate surface area is 121 Å². The number of likely N-dealkylation sites (N-methyl/N-ethyl adjacent to an activating group) is 1. The molecule has 2 heterocycles. The fourth-order valence-corrected chi connectivity index (χ4v) is 2.59. The molecule has 0 saturated heterocycles. The van der Waals surface area contributed by atoms with Crippen molar-refractivity contribution in [3.63, 3.8) is 0 Å². The van der Waals surface area contributed by atoms with Gasteiger partial charge in [0.1, 0.15) is 5.52 Å². The highest BCUT2D eigenvalue weighted by Crippen LogP contribution is 2.28. The Morgan fingerprint density at radius 2 is 2.11 bits per heavy atom. The summed E-state index contributed by atoms with van der Waals surface area (Å²) in [4.78, 5) is 11.0. The second-order valence-corrected chi connectivity index (χ2v) is 6.33. The monoisotopic (exact) mass is 325 g/mol. The van der Waals surface area contributed by atoms with Crippen molar-refractivity contribution in [2.75, 3.05) is 26.4 Å². The smallest absolute Gasteiger partial charge is 0.202 e. The van der Waals surface area contributed by atoms with E-state index in [0.717, 1.165) is 22.2 Å². The van der Waals surface area contributed by atoms with Gasteiger partial charge in [0.25, 0.3) is 0 Å². The van der Waals surface area contributed by atoms with E-state index in [2.05, 4.69) is 58.7 Å². The van der Waals surface area contributed by atoms with Crippen molar-refractivity contribution in [1.29, 1.82) is 0 Å². The molecule has 0 amide bonds. The third kappa shape index (κ3) is 2.90. The number of nitrogen functional groups attached to an aromatic ring is 1. The van der Waals surface area contributed by atoms with Gasteiger partial charge in [0, 0.05) is 17.2 Å². The van der Waals surface area contributed by atoms with Crippen LogP contribution in [0.2, 0.25) is 0 Å². The second-order valence-electron chi connectivity index (χ2n) is 5.41. The molecule has 1 unspecified atom stereocenters. The van der Waals surface area contributed by atoms with Crippen LogP contribution in [0.1, 0.15) is 19.9 Å². The Hall–Kier alpha value is -1.14. The zero-order valence-electron chi connectivity index (χ0n) is 11.8. The van der Waals surface area contributed by atoms with Crippen LogP contribution in [0.3, 0.4) is 0 Å². The maximum absolute atomic E-state index is 6.10. The molecule has 2 aromatic rings. The minimum atomic E-state index is 0.258. The Morgan fingerprint density at radius 3 is 2.68 bits per heavy atom. The predicted molar refractivity (Wildman–Crippen MR) is 82.1 cm³/mol. The van der Waals surface area contributed by atoms with E-state index in [4.69, 9.17) is 5.73 Å². The number of anilines is 1. The zero-order chi connectivity index (χ0) is 14.2. The number of rotatable bonds is 4. The van der Waals surface area contributed by atoms with Crippen LogP contribution in [0.25, 0.3) is 11.2 Å². The first-order valence-corrected chi connectivity index (χ1v) is 7.13. The van der Waals surface area contributed by atoms with E-state index in [9.17, 15) is 0 Å². The molecule has 0 aliphatic rings. The van der Waals surface area contributed by atoms with Crippen molar-refractivity contribution >= 4 is 33.0 Å². The minimum absolute atomic E-state index is 0.258. The van der Waals surface area contributed by atoms with Gasteiger partial charge in [0.05, 0.1) is 6.04 Å². The first-order valence-electron chi connectivity index (χ1n) is 6.34. The van der Waals surface area contributed by atoms with E-state index in [-0.39, 0.29) is 6.04 Å². The van der Waals surface area contributed by atoms with Gasteiger partial charge in [-0.05, 0) is 42.0 Å². The molecular weight excluding hydrogens is 306 g/mol. The Balaban J connectivity index is 2.55. The topological polar surface area (TPSA) is 60.0 Å². The average Bonchev–Trinajstić information content (AvgIpc) is 2.60. The second kappa shape index (κ2) is 5.46. The van der Waals surface area contributed by atoms with E-state index in [0.29, 0.717) is 11.9 Å². The molecule has 2 aromatic heterocycles. The molecule has 19 heavy (non-hydrogen) atoms. The van der Waals surface area contributed by atoms with Crippen LogP contribution in [0.15, 0.2) is 16.7 Å². The Morgan fingerprint density at radius 1 is 1.42 bits per heavy atom. The number of imidazole rings is 1. The van der Waals surface area contributed by atoms with E-state index in [1.807, 2.05) is 10.6 Å². The van der Waals surface area contributed by atoms with Gasteiger partial charge in [-0.2, -0.15) is 0 Å². The fraction of sp³-hybridized carbons (Fsp3) is 0.538. The number of hydrogen-bond donors (Lipinski definition) is 1. The summed E-state index contributed by atoms with van der Waals surface area (Å²) in [6.07, 6.45) is 1.78. The summed E-state index contributed by atoms with van der Waals surface area (Å²) in [5.74, 6) is 0.980. The number of fused-ring (bicyclic) bond motifs is 1. The Bertz CT molecular complexity index is 576. The van der Waals surface area contributed by atoms with Gasteiger partial charge in [-0.15, -0.1) is 0 Å². The van der Waals surface area contributed by atoms with Crippen LogP contribution in [0.5, 0.6) is 0 Å². The Kier molecular flexibility index (Phi) is 4.10. The number of halogens is 1. The van der Waals surface area contributed by atoms with Crippen molar-refractivity contribution in [2.24, 2.45) is 5.92 Å². The summed E-state index contributed by atoms with van der Waals surface area (Å²) in [7, 11) is 4.13. The summed E-state index contributed by atoms with van der Waals surface area (Å²) in [6.45, 7) is 5.29. The summed E-state index contributed by atoms with van der Waals surface area (Å²) in [5.41, 5.74) is 7.77. The largest absolute Gasteiger partial charge is 0.369 e. The average molecular weight is 326 g/mol. The zero-order valence-corrected chi connectivity index (χ0v) is 13.3. The van der Waals surface area contributed by atoms with Gasteiger partial charge in [0.15, 0.2) is 5.65 Å². The first kappa shape index (κ1) is 14.3. The van der Waals surface area contributed by atoms with Crippen molar-refractivity contribution in [1.82, 2.24) is 19.4 Å². The maximum Gasteiger partial charge on any atom is 0.202 e. The van der Waals surface area contributed by atoms with Crippen molar-refractivity contribution in [2.45, 2.75) is 19.9 Å². The molecule has 1 atom stereocenters. The highest BCUT2D eigenvalue weighted by Gasteiger charge is 2.22. The van der Waals surface area contributed by atoms with Crippen LogP contribution in [0, 0.1) is 5.92 Å². The highest BCUT2D eigenvalue weighted by atomic mass is 79.9. The quantitative estimate of drug-likeness (QED) is 0.938. The molecule has 6 heteroatoms. The molecule has 104 valence electrons. The van der Waals surface area contributed by atoms with Crippen LogP contribution in [0.4, 0.5) is 5.95 Å². The molecule has 0 aliphatic carbocycles. The van der Waals surface area contributed by atoms with Gasteiger partial charge >= 0.3 is 0 Å². The van der Waals surface area contributed by atoms with Gasteiger partial charge < -0.3 is 10.6 Å². The minimum Gasteiger partial charge on any atom is -0.369 e. The molecular formula is C13H20BrN5. The molecule has 0 fully saturated rings. The van der Waals surface area contributed by atoms with E-state index in [1.54, 1.807) is 6.20 Å².